The Bertz CT molecular complexity index is 948. The van der Waals surface area contributed by atoms with Gasteiger partial charge in [-0.05, 0) is 56.0 Å². The van der Waals surface area contributed by atoms with Crippen LogP contribution in [0.5, 0.6) is 0 Å². The number of aryl methyl sites for hydroxylation is 2. The molecule has 0 fully saturated rings. The number of anilines is 1. The topological polar surface area (TPSA) is 66.5 Å². The Hall–Kier alpha value is -1.76. The van der Waals surface area contributed by atoms with E-state index in [2.05, 4.69) is 5.32 Å². The number of nitrogens with zero attached hydrogens (tertiary/aromatic N) is 1. The molecule has 1 amide bonds. The van der Waals surface area contributed by atoms with Gasteiger partial charge in [-0.1, -0.05) is 47.5 Å². The van der Waals surface area contributed by atoms with Crippen LogP contribution in [0.25, 0.3) is 0 Å². The van der Waals surface area contributed by atoms with Crippen LogP contribution < -0.4 is 9.62 Å². The molecule has 2 aromatic carbocycles. The minimum absolute atomic E-state index is 0.371. The molecule has 5 nitrogen and oxygen atoms in total. The first kappa shape index (κ1) is 22.5. The maximum atomic E-state index is 12.6. The van der Waals surface area contributed by atoms with Crippen molar-refractivity contribution in [2.24, 2.45) is 0 Å². The van der Waals surface area contributed by atoms with Crippen LogP contribution in [0, 0.1) is 6.92 Å². The molecule has 152 valence electrons. The monoisotopic (exact) mass is 442 g/mol. The van der Waals surface area contributed by atoms with Gasteiger partial charge in [0.25, 0.3) is 0 Å². The first-order chi connectivity index (χ1) is 13.1. The van der Waals surface area contributed by atoms with Gasteiger partial charge < -0.3 is 5.32 Å². The minimum atomic E-state index is -3.68. The van der Waals surface area contributed by atoms with E-state index in [0.29, 0.717) is 34.3 Å². The zero-order valence-corrected chi connectivity index (χ0v) is 18.4. The zero-order valence-electron chi connectivity index (χ0n) is 16.1. The molecule has 0 saturated heterocycles. The predicted molar refractivity (Wildman–Crippen MR) is 116 cm³/mol. The summed E-state index contributed by atoms with van der Waals surface area (Å²) in [4.78, 5) is 12.6. The lowest BCUT2D eigenvalue weighted by atomic mass is 10.1. The maximum absolute atomic E-state index is 12.6. The van der Waals surface area contributed by atoms with E-state index in [0.717, 1.165) is 22.5 Å². The van der Waals surface area contributed by atoms with Crippen LogP contribution in [-0.2, 0) is 21.2 Å². The molecule has 8 heteroatoms. The highest BCUT2D eigenvalue weighted by Gasteiger charge is 2.30. The SMILES string of the molecule is Cc1ccc(Cl)cc1N([C@H](C)C(=O)NCCCc1ccccc1Cl)S(C)(=O)=O. The van der Waals surface area contributed by atoms with E-state index in [-0.39, 0.29) is 5.91 Å². The molecule has 1 N–H and O–H groups in total. The fraction of sp³-hybridized carbons (Fsp3) is 0.350. The van der Waals surface area contributed by atoms with E-state index >= 15 is 0 Å². The highest BCUT2D eigenvalue weighted by atomic mass is 35.5. The van der Waals surface area contributed by atoms with Crippen LogP contribution in [0.3, 0.4) is 0 Å². The molecule has 0 heterocycles. The molecule has 0 aliphatic carbocycles. The second kappa shape index (κ2) is 9.63. The molecule has 0 spiro atoms. The summed E-state index contributed by atoms with van der Waals surface area (Å²) in [6.07, 6.45) is 2.49. The van der Waals surface area contributed by atoms with Gasteiger partial charge in [0.2, 0.25) is 15.9 Å². The number of amides is 1. The smallest absolute Gasteiger partial charge is 0.243 e. The average molecular weight is 443 g/mol. The maximum Gasteiger partial charge on any atom is 0.243 e. The molecule has 0 aliphatic rings. The Morgan fingerprint density at radius 3 is 2.50 bits per heavy atom. The van der Waals surface area contributed by atoms with E-state index in [9.17, 15) is 13.2 Å². The van der Waals surface area contributed by atoms with Crippen molar-refractivity contribution in [2.75, 3.05) is 17.1 Å². The first-order valence-corrected chi connectivity index (χ1v) is 11.5. The third kappa shape index (κ3) is 5.87. The van der Waals surface area contributed by atoms with E-state index in [1.165, 1.54) is 0 Å². The molecule has 0 saturated carbocycles. The quantitative estimate of drug-likeness (QED) is 0.622. The Morgan fingerprint density at radius 2 is 1.86 bits per heavy atom. The summed E-state index contributed by atoms with van der Waals surface area (Å²) >= 11 is 12.2. The van der Waals surface area contributed by atoms with E-state index in [1.807, 2.05) is 24.3 Å². The van der Waals surface area contributed by atoms with E-state index in [4.69, 9.17) is 23.2 Å². The summed E-state index contributed by atoms with van der Waals surface area (Å²) < 4.78 is 25.9. The van der Waals surface area contributed by atoms with Crippen molar-refractivity contribution in [3.05, 3.63) is 63.6 Å². The molecule has 2 rings (SSSR count). The van der Waals surface area contributed by atoms with Gasteiger partial charge in [0, 0.05) is 16.6 Å². The van der Waals surface area contributed by atoms with Crippen LogP contribution >= 0.6 is 23.2 Å². The van der Waals surface area contributed by atoms with Crippen LogP contribution in [0.1, 0.15) is 24.5 Å². The van der Waals surface area contributed by atoms with Crippen molar-refractivity contribution in [2.45, 2.75) is 32.7 Å². The summed E-state index contributed by atoms with van der Waals surface area (Å²) in [6.45, 7) is 3.75. The minimum Gasteiger partial charge on any atom is -0.354 e. The molecule has 0 aromatic heterocycles. The predicted octanol–water partition coefficient (Wildman–Crippen LogP) is 4.21. The average Bonchev–Trinajstić information content (AvgIpc) is 2.61. The second-order valence-corrected chi connectivity index (χ2v) is 9.35. The first-order valence-electron chi connectivity index (χ1n) is 8.88. The summed E-state index contributed by atoms with van der Waals surface area (Å²) in [7, 11) is -3.68. The Morgan fingerprint density at radius 1 is 1.18 bits per heavy atom. The van der Waals surface area contributed by atoms with E-state index in [1.54, 1.807) is 32.0 Å². The van der Waals surface area contributed by atoms with Crippen molar-refractivity contribution in [3.8, 4) is 0 Å². The van der Waals surface area contributed by atoms with Crippen LogP contribution in [0.15, 0.2) is 42.5 Å². The number of benzene rings is 2. The molecule has 0 aliphatic heterocycles. The van der Waals surface area contributed by atoms with Gasteiger partial charge >= 0.3 is 0 Å². The number of carbonyl (C=O) groups is 1. The summed E-state index contributed by atoms with van der Waals surface area (Å²) in [6, 6.07) is 11.6. The molecular formula is C20H24Cl2N2O3S. The fourth-order valence-corrected chi connectivity index (χ4v) is 4.56. The Labute approximate surface area is 176 Å². The van der Waals surface area contributed by atoms with Crippen molar-refractivity contribution >= 4 is 44.8 Å². The number of nitrogens with one attached hydrogen (secondary N) is 1. The third-order valence-corrected chi connectivity index (χ3v) is 6.21. The summed E-state index contributed by atoms with van der Waals surface area (Å²) in [5, 5.41) is 3.91. The summed E-state index contributed by atoms with van der Waals surface area (Å²) in [5.41, 5.74) is 2.13. The molecule has 28 heavy (non-hydrogen) atoms. The largest absolute Gasteiger partial charge is 0.354 e. The number of sulfonamides is 1. The molecule has 2 aromatic rings. The lowest BCUT2D eigenvalue weighted by molar-refractivity contribution is -0.121. The Balaban J connectivity index is 2.06. The number of hydrogen-bond acceptors (Lipinski definition) is 3. The van der Waals surface area contributed by atoms with Crippen LogP contribution in [0.4, 0.5) is 5.69 Å². The van der Waals surface area contributed by atoms with Crippen LogP contribution in [0.2, 0.25) is 10.0 Å². The molecule has 1 atom stereocenters. The van der Waals surface area contributed by atoms with Gasteiger partial charge in [0.05, 0.1) is 11.9 Å². The number of rotatable bonds is 8. The molecule has 0 radical (unpaired) electrons. The van der Waals surface area contributed by atoms with Crippen LogP contribution in [-0.4, -0.2) is 33.2 Å². The zero-order chi connectivity index (χ0) is 20.9. The van der Waals surface area contributed by atoms with Crippen molar-refractivity contribution in [3.63, 3.8) is 0 Å². The molecule has 0 bridgehead atoms. The standard InChI is InChI=1S/C20H24Cl2N2O3S/c1-14-10-11-17(21)13-19(14)24(28(3,26)27)15(2)20(25)23-12-6-8-16-7-4-5-9-18(16)22/h4-5,7,9-11,13,15H,6,8,12H2,1-3H3,(H,23,25)/t15-/m1/s1. The van der Waals surface area contributed by atoms with Gasteiger partial charge in [-0.2, -0.15) is 0 Å². The number of hydrogen-bond donors (Lipinski definition) is 1. The van der Waals surface area contributed by atoms with Gasteiger partial charge in [0.1, 0.15) is 6.04 Å². The normalized spacial score (nSPS) is 12.5. The van der Waals surface area contributed by atoms with E-state index < -0.39 is 16.1 Å². The van der Waals surface area contributed by atoms with Gasteiger partial charge in [-0.25, -0.2) is 8.42 Å². The summed E-state index contributed by atoms with van der Waals surface area (Å²) in [5.74, 6) is -0.371. The van der Waals surface area contributed by atoms with Crippen molar-refractivity contribution in [1.29, 1.82) is 0 Å². The lowest BCUT2D eigenvalue weighted by Crippen LogP contribution is -2.48. The number of carbonyl (C=O) groups excluding carboxylic acids is 1. The Kier molecular flexibility index (Phi) is 7.75. The van der Waals surface area contributed by atoms with Gasteiger partial charge in [0.15, 0.2) is 0 Å². The molecule has 0 unspecified atom stereocenters. The van der Waals surface area contributed by atoms with Crippen molar-refractivity contribution < 1.29 is 13.2 Å². The highest BCUT2D eigenvalue weighted by molar-refractivity contribution is 7.92. The fourth-order valence-electron chi connectivity index (χ4n) is 2.94. The van der Waals surface area contributed by atoms with Crippen molar-refractivity contribution in [1.82, 2.24) is 5.32 Å². The third-order valence-electron chi connectivity index (χ3n) is 4.38. The van der Waals surface area contributed by atoms with Gasteiger partial charge in [-0.15, -0.1) is 0 Å². The lowest BCUT2D eigenvalue weighted by Gasteiger charge is -2.29. The highest BCUT2D eigenvalue weighted by Crippen LogP contribution is 2.28. The number of halogens is 2. The second-order valence-electron chi connectivity index (χ2n) is 6.65. The van der Waals surface area contributed by atoms with Gasteiger partial charge in [-0.3, -0.25) is 9.10 Å². The molecular weight excluding hydrogens is 419 g/mol.